The molecule has 0 radical (unpaired) electrons. The SMILES string of the molecule is COc1cnn(C(C)C)c1C(=O)Cc1ccc(F)cc1F. The van der Waals surface area contributed by atoms with Gasteiger partial charge < -0.3 is 4.74 Å². The molecule has 4 nitrogen and oxygen atoms in total. The van der Waals surface area contributed by atoms with E-state index in [1.807, 2.05) is 13.8 Å². The summed E-state index contributed by atoms with van der Waals surface area (Å²) >= 11 is 0. The molecule has 2 aromatic rings. The number of methoxy groups -OCH3 is 1. The molecule has 1 heterocycles. The maximum absolute atomic E-state index is 13.6. The summed E-state index contributed by atoms with van der Waals surface area (Å²) in [6.07, 6.45) is 1.27. The van der Waals surface area contributed by atoms with E-state index in [0.29, 0.717) is 5.75 Å². The molecule has 2 rings (SSSR count). The number of rotatable bonds is 5. The van der Waals surface area contributed by atoms with Crippen molar-refractivity contribution >= 4 is 5.78 Å². The molecule has 0 aliphatic heterocycles. The highest BCUT2D eigenvalue weighted by Gasteiger charge is 2.22. The van der Waals surface area contributed by atoms with E-state index in [0.717, 1.165) is 12.1 Å². The van der Waals surface area contributed by atoms with E-state index in [1.54, 1.807) is 0 Å². The number of ketones is 1. The number of benzene rings is 1. The van der Waals surface area contributed by atoms with Crippen LogP contribution in [0.3, 0.4) is 0 Å². The maximum atomic E-state index is 13.6. The molecule has 0 atom stereocenters. The second-order valence-electron chi connectivity index (χ2n) is 4.94. The first-order valence-corrected chi connectivity index (χ1v) is 6.52. The lowest BCUT2D eigenvalue weighted by Crippen LogP contribution is -2.15. The lowest BCUT2D eigenvalue weighted by molar-refractivity contribution is 0.0976. The van der Waals surface area contributed by atoms with Crippen LogP contribution in [0.15, 0.2) is 24.4 Å². The first kappa shape index (κ1) is 15.2. The van der Waals surface area contributed by atoms with Gasteiger partial charge in [0.2, 0.25) is 0 Å². The number of aromatic nitrogens is 2. The van der Waals surface area contributed by atoms with E-state index in [1.165, 1.54) is 24.1 Å². The number of carbonyl (C=O) groups excluding carboxylic acids is 1. The standard InChI is InChI=1S/C15H16F2N2O2/c1-9(2)19-15(14(21-3)8-18-19)13(20)6-10-4-5-11(16)7-12(10)17/h4-5,7-9H,6H2,1-3H3. The van der Waals surface area contributed by atoms with Gasteiger partial charge in [0.15, 0.2) is 11.5 Å². The molecule has 0 unspecified atom stereocenters. The number of nitrogens with zero attached hydrogens (tertiary/aromatic N) is 2. The normalized spacial score (nSPS) is 11.0. The number of ether oxygens (including phenoxy) is 1. The Kier molecular flexibility index (Phi) is 4.35. The van der Waals surface area contributed by atoms with Gasteiger partial charge in [-0.15, -0.1) is 0 Å². The molecule has 0 spiro atoms. The summed E-state index contributed by atoms with van der Waals surface area (Å²) < 4.78 is 33.2. The highest BCUT2D eigenvalue weighted by Crippen LogP contribution is 2.23. The largest absolute Gasteiger partial charge is 0.493 e. The van der Waals surface area contributed by atoms with Gasteiger partial charge in [-0.25, -0.2) is 8.78 Å². The third-order valence-corrected chi connectivity index (χ3v) is 3.10. The number of Topliss-reactive ketones (excluding diaryl/α,β-unsaturated/α-hetero) is 1. The molecule has 0 N–H and O–H groups in total. The van der Waals surface area contributed by atoms with Crippen LogP contribution in [0.5, 0.6) is 5.75 Å². The van der Waals surface area contributed by atoms with Gasteiger partial charge in [0.25, 0.3) is 0 Å². The molecule has 0 bridgehead atoms. The lowest BCUT2D eigenvalue weighted by Gasteiger charge is -2.11. The van der Waals surface area contributed by atoms with Crippen molar-refractivity contribution in [1.29, 1.82) is 0 Å². The van der Waals surface area contributed by atoms with Crippen LogP contribution in [-0.2, 0) is 6.42 Å². The summed E-state index contributed by atoms with van der Waals surface area (Å²) in [5, 5.41) is 4.10. The molecular weight excluding hydrogens is 278 g/mol. The summed E-state index contributed by atoms with van der Waals surface area (Å²) in [6.45, 7) is 3.75. The van der Waals surface area contributed by atoms with Gasteiger partial charge in [0.05, 0.1) is 13.3 Å². The fraction of sp³-hybridized carbons (Fsp3) is 0.333. The number of hydrogen-bond acceptors (Lipinski definition) is 3. The molecule has 21 heavy (non-hydrogen) atoms. The predicted octanol–water partition coefficient (Wildman–Crippen LogP) is 3.18. The van der Waals surface area contributed by atoms with Crippen LogP contribution in [0.4, 0.5) is 8.78 Å². The lowest BCUT2D eigenvalue weighted by atomic mass is 10.1. The minimum Gasteiger partial charge on any atom is -0.493 e. The molecule has 0 saturated carbocycles. The summed E-state index contributed by atoms with van der Waals surface area (Å²) in [5.41, 5.74) is 0.427. The van der Waals surface area contributed by atoms with Crippen LogP contribution in [0.25, 0.3) is 0 Å². The van der Waals surface area contributed by atoms with Crippen molar-refractivity contribution < 1.29 is 18.3 Å². The van der Waals surface area contributed by atoms with Crippen molar-refractivity contribution in [3.8, 4) is 5.75 Å². The van der Waals surface area contributed by atoms with E-state index in [-0.39, 0.29) is 29.5 Å². The Morgan fingerprint density at radius 3 is 2.67 bits per heavy atom. The molecule has 0 aliphatic carbocycles. The van der Waals surface area contributed by atoms with Crippen LogP contribution in [-0.4, -0.2) is 22.7 Å². The second kappa shape index (κ2) is 6.03. The zero-order valence-electron chi connectivity index (χ0n) is 12.1. The van der Waals surface area contributed by atoms with Gasteiger partial charge in [-0.3, -0.25) is 9.48 Å². The Morgan fingerprint density at radius 1 is 1.38 bits per heavy atom. The molecule has 112 valence electrons. The average molecular weight is 294 g/mol. The van der Waals surface area contributed by atoms with Crippen molar-refractivity contribution in [3.05, 3.63) is 47.3 Å². The molecule has 0 fully saturated rings. The molecule has 6 heteroatoms. The van der Waals surface area contributed by atoms with Crippen molar-refractivity contribution in [2.24, 2.45) is 0 Å². The molecule has 0 saturated heterocycles. The molecule has 1 aromatic carbocycles. The average Bonchev–Trinajstić information content (AvgIpc) is 2.86. The predicted molar refractivity (Wildman–Crippen MR) is 73.6 cm³/mol. The van der Waals surface area contributed by atoms with Gasteiger partial charge in [-0.05, 0) is 25.5 Å². The van der Waals surface area contributed by atoms with Crippen LogP contribution in [0.1, 0.15) is 35.9 Å². The number of halogens is 2. The monoisotopic (exact) mass is 294 g/mol. The van der Waals surface area contributed by atoms with Gasteiger partial charge in [-0.1, -0.05) is 6.07 Å². The van der Waals surface area contributed by atoms with Crippen LogP contribution in [0, 0.1) is 11.6 Å². The smallest absolute Gasteiger partial charge is 0.189 e. The molecular formula is C15H16F2N2O2. The summed E-state index contributed by atoms with van der Waals surface area (Å²) in [7, 11) is 1.44. The zero-order chi connectivity index (χ0) is 15.6. The maximum Gasteiger partial charge on any atom is 0.189 e. The summed E-state index contributed by atoms with van der Waals surface area (Å²) in [4.78, 5) is 12.4. The van der Waals surface area contributed by atoms with E-state index in [2.05, 4.69) is 5.10 Å². The van der Waals surface area contributed by atoms with Gasteiger partial charge in [0.1, 0.15) is 17.3 Å². The first-order valence-electron chi connectivity index (χ1n) is 6.52. The quantitative estimate of drug-likeness (QED) is 0.796. The summed E-state index contributed by atoms with van der Waals surface area (Å²) in [6, 6.07) is 3.12. The Hall–Kier alpha value is -2.24. The Labute approximate surface area is 121 Å². The van der Waals surface area contributed by atoms with E-state index in [4.69, 9.17) is 4.74 Å². The molecule has 1 aromatic heterocycles. The topological polar surface area (TPSA) is 44.1 Å². The molecule has 0 aliphatic rings. The van der Waals surface area contributed by atoms with Gasteiger partial charge in [0, 0.05) is 18.5 Å². The summed E-state index contributed by atoms with van der Waals surface area (Å²) in [5.74, 6) is -1.40. The van der Waals surface area contributed by atoms with Gasteiger partial charge in [-0.2, -0.15) is 5.10 Å². The van der Waals surface area contributed by atoms with Crippen LogP contribution < -0.4 is 4.74 Å². The van der Waals surface area contributed by atoms with Crippen molar-refractivity contribution in [2.45, 2.75) is 26.3 Å². The third kappa shape index (κ3) is 3.09. The highest BCUT2D eigenvalue weighted by molar-refractivity contribution is 5.98. The van der Waals surface area contributed by atoms with Crippen LogP contribution >= 0.6 is 0 Å². The van der Waals surface area contributed by atoms with E-state index < -0.39 is 11.6 Å². The third-order valence-electron chi connectivity index (χ3n) is 3.10. The number of carbonyl (C=O) groups is 1. The van der Waals surface area contributed by atoms with Crippen molar-refractivity contribution in [2.75, 3.05) is 7.11 Å². The fourth-order valence-corrected chi connectivity index (χ4v) is 2.07. The van der Waals surface area contributed by atoms with Crippen LogP contribution in [0.2, 0.25) is 0 Å². The first-order chi connectivity index (χ1) is 9.93. The van der Waals surface area contributed by atoms with E-state index in [9.17, 15) is 13.6 Å². The Bertz CT molecular complexity index is 666. The minimum atomic E-state index is -0.738. The van der Waals surface area contributed by atoms with Crippen molar-refractivity contribution in [3.63, 3.8) is 0 Å². The zero-order valence-corrected chi connectivity index (χ0v) is 12.1. The Morgan fingerprint density at radius 2 is 2.10 bits per heavy atom. The van der Waals surface area contributed by atoms with Crippen molar-refractivity contribution in [1.82, 2.24) is 9.78 Å². The highest BCUT2D eigenvalue weighted by atomic mass is 19.1. The fourth-order valence-electron chi connectivity index (χ4n) is 2.07. The van der Waals surface area contributed by atoms with E-state index >= 15 is 0 Å². The Balaban J connectivity index is 2.34. The second-order valence-corrected chi connectivity index (χ2v) is 4.94. The number of hydrogen-bond donors (Lipinski definition) is 0. The van der Waals surface area contributed by atoms with Gasteiger partial charge >= 0.3 is 0 Å². The molecule has 0 amide bonds. The minimum absolute atomic E-state index is 0.0362.